The van der Waals surface area contributed by atoms with Crippen molar-refractivity contribution in [1.29, 1.82) is 0 Å². The molecule has 4 heteroatoms. The van der Waals surface area contributed by atoms with Crippen LogP contribution in [0.5, 0.6) is 0 Å². The summed E-state index contributed by atoms with van der Waals surface area (Å²) in [6, 6.07) is 10.1. The molecule has 1 aliphatic heterocycles. The smallest absolute Gasteiger partial charge is 0.159 e. The molecule has 0 spiro atoms. The van der Waals surface area contributed by atoms with Gasteiger partial charge in [0.25, 0.3) is 0 Å². The maximum atomic E-state index is 4.82. The topological polar surface area (TPSA) is 44.8 Å². The first-order chi connectivity index (χ1) is 10.8. The van der Waals surface area contributed by atoms with Crippen LogP contribution in [0.3, 0.4) is 0 Å². The van der Waals surface area contributed by atoms with Gasteiger partial charge in [0.2, 0.25) is 0 Å². The van der Waals surface area contributed by atoms with Gasteiger partial charge in [-0.25, -0.2) is 9.97 Å². The normalized spacial score (nSPS) is 14.9. The standard InChI is InChI=1S/C18H18N4/c1-2-9-22-10-8-15-14(12-22)17-16(20-15)11-19-18(21-17)13-6-4-3-5-7-13/h2-7,11,20H,1,8-10,12H2. The first-order valence-corrected chi connectivity index (χ1v) is 7.60. The molecular formula is C18H18N4. The molecule has 3 heterocycles. The second-order valence-electron chi connectivity index (χ2n) is 5.68. The van der Waals surface area contributed by atoms with Gasteiger partial charge in [-0.3, -0.25) is 4.90 Å². The third-order valence-electron chi connectivity index (χ3n) is 4.20. The highest BCUT2D eigenvalue weighted by Crippen LogP contribution is 2.27. The lowest BCUT2D eigenvalue weighted by molar-refractivity contribution is 0.282. The summed E-state index contributed by atoms with van der Waals surface area (Å²) in [6.07, 6.45) is 4.89. The van der Waals surface area contributed by atoms with E-state index in [1.54, 1.807) is 0 Å². The first-order valence-electron chi connectivity index (χ1n) is 7.60. The molecule has 0 unspecified atom stereocenters. The fraction of sp³-hybridized carbons (Fsp3) is 0.222. The van der Waals surface area contributed by atoms with Gasteiger partial charge in [-0.05, 0) is 0 Å². The summed E-state index contributed by atoms with van der Waals surface area (Å²) < 4.78 is 0. The minimum atomic E-state index is 0.788. The number of H-pyrrole nitrogens is 1. The minimum absolute atomic E-state index is 0.788. The summed E-state index contributed by atoms with van der Waals surface area (Å²) in [7, 11) is 0. The number of rotatable bonds is 3. The van der Waals surface area contributed by atoms with Crippen molar-refractivity contribution in [3.8, 4) is 11.4 Å². The van der Waals surface area contributed by atoms with Gasteiger partial charge in [-0.15, -0.1) is 6.58 Å². The van der Waals surface area contributed by atoms with Crippen LogP contribution >= 0.6 is 0 Å². The van der Waals surface area contributed by atoms with E-state index in [0.29, 0.717) is 0 Å². The molecule has 0 bridgehead atoms. The highest BCUT2D eigenvalue weighted by atomic mass is 15.1. The maximum Gasteiger partial charge on any atom is 0.159 e. The molecule has 1 aromatic carbocycles. The van der Waals surface area contributed by atoms with Gasteiger partial charge in [0, 0.05) is 42.9 Å². The van der Waals surface area contributed by atoms with Crippen molar-refractivity contribution in [2.45, 2.75) is 13.0 Å². The van der Waals surface area contributed by atoms with Gasteiger partial charge in [0.05, 0.1) is 17.2 Å². The third-order valence-corrected chi connectivity index (χ3v) is 4.20. The van der Waals surface area contributed by atoms with Gasteiger partial charge >= 0.3 is 0 Å². The van der Waals surface area contributed by atoms with Gasteiger partial charge < -0.3 is 4.98 Å². The molecule has 4 nitrogen and oxygen atoms in total. The van der Waals surface area contributed by atoms with E-state index in [1.165, 1.54) is 11.3 Å². The SMILES string of the molecule is C=CCN1CCc2[nH]c3cnc(-c4ccccc4)nc3c2C1. The number of hydrogen-bond acceptors (Lipinski definition) is 3. The van der Waals surface area contributed by atoms with Crippen molar-refractivity contribution in [1.82, 2.24) is 19.9 Å². The molecular weight excluding hydrogens is 272 g/mol. The van der Waals surface area contributed by atoms with Crippen LogP contribution in [-0.4, -0.2) is 32.9 Å². The molecule has 0 saturated carbocycles. The summed E-state index contributed by atoms with van der Waals surface area (Å²) >= 11 is 0. The Morgan fingerprint density at radius 3 is 2.95 bits per heavy atom. The van der Waals surface area contributed by atoms with Gasteiger partial charge in [-0.1, -0.05) is 36.4 Å². The van der Waals surface area contributed by atoms with Crippen LogP contribution in [0.4, 0.5) is 0 Å². The molecule has 4 rings (SSSR count). The number of benzene rings is 1. The van der Waals surface area contributed by atoms with E-state index in [0.717, 1.165) is 48.5 Å². The molecule has 0 aliphatic carbocycles. The van der Waals surface area contributed by atoms with Crippen molar-refractivity contribution in [3.05, 3.63) is 60.4 Å². The zero-order valence-corrected chi connectivity index (χ0v) is 12.4. The number of hydrogen-bond donors (Lipinski definition) is 1. The first kappa shape index (κ1) is 13.2. The fourth-order valence-corrected chi connectivity index (χ4v) is 3.11. The summed E-state index contributed by atoms with van der Waals surface area (Å²) in [5, 5.41) is 0. The Hall–Kier alpha value is -2.46. The predicted octanol–water partition coefficient (Wildman–Crippen LogP) is 3.17. The molecule has 3 aromatic rings. The van der Waals surface area contributed by atoms with E-state index in [1.807, 2.05) is 42.6 Å². The van der Waals surface area contributed by atoms with Crippen molar-refractivity contribution in [3.63, 3.8) is 0 Å². The summed E-state index contributed by atoms with van der Waals surface area (Å²) in [6.45, 7) is 6.74. The lowest BCUT2D eigenvalue weighted by Crippen LogP contribution is -2.30. The Morgan fingerprint density at radius 1 is 1.27 bits per heavy atom. The van der Waals surface area contributed by atoms with E-state index >= 15 is 0 Å². The van der Waals surface area contributed by atoms with Crippen LogP contribution in [0.15, 0.2) is 49.2 Å². The second-order valence-corrected chi connectivity index (χ2v) is 5.68. The van der Waals surface area contributed by atoms with Crippen molar-refractivity contribution in [2.75, 3.05) is 13.1 Å². The van der Waals surface area contributed by atoms with Gasteiger partial charge in [0.15, 0.2) is 5.82 Å². The van der Waals surface area contributed by atoms with E-state index < -0.39 is 0 Å². The zero-order valence-electron chi connectivity index (χ0n) is 12.4. The summed E-state index contributed by atoms with van der Waals surface area (Å²) in [4.78, 5) is 15.2. The molecule has 1 aliphatic rings. The highest BCUT2D eigenvalue weighted by molar-refractivity contribution is 5.81. The molecule has 0 radical (unpaired) electrons. The maximum absolute atomic E-state index is 4.82. The van der Waals surface area contributed by atoms with Crippen molar-refractivity contribution >= 4 is 11.0 Å². The highest BCUT2D eigenvalue weighted by Gasteiger charge is 2.21. The molecule has 110 valence electrons. The fourth-order valence-electron chi connectivity index (χ4n) is 3.11. The molecule has 0 amide bonds. The average Bonchev–Trinajstić information content (AvgIpc) is 2.93. The van der Waals surface area contributed by atoms with Crippen LogP contribution in [0.25, 0.3) is 22.4 Å². The van der Waals surface area contributed by atoms with Gasteiger partial charge in [-0.2, -0.15) is 0 Å². The Bertz CT molecular complexity index is 820. The third kappa shape index (κ3) is 2.22. The summed E-state index contributed by atoms with van der Waals surface area (Å²) in [5.41, 5.74) is 5.75. The number of nitrogens with zero attached hydrogens (tertiary/aromatic N) is 3. The van der Waals surface area contributed by atoms with Gasteiger partial charge in [0.1, 0.15) is 0 Å². The Labute approximate surface area is 129 Å². The van der Waals surface area contributed by atoms with E-state index in [2.05, 4.69) is 21.4 Å². The van der Waals surface area contributed by atoms with Crippen molar-refractivity contribution in [2.24, 2.45) is 0 Å². The number of fused-ring (bicyclic) bond motifs is 3. The number of aromatic nitrogens is 3. The predicted molar refractivity (Wildman–Crippen MR) is 88.5 cm³/mol. The van der Waals surface area contributed by atoms with Crippen molar-refractivity contribution < 1.29 is 0 Å². The Kier molecular flexibility index (Phi) is 3.24. The average molecular weight is 290 g/mol. The monoisotopic (exact) mass is 290 g/mol. The second kappa shape index (κ2) is 5.39. The van der Waals surface area contributed by atoms with E-state index in [4.69, 9.17) is 4.98 Å². The molecule has 0 saturated heterocycles. The largest absolute Gasteiger partial charge is 0.355 e. The lowest BCUT2D eigenvalue weighted by atomic mass is 10.1. The minimum Gasteiger partial charge on any atom is -0.355 e. The molecule has 2 aromatic heterocycles. The Morgan fingerprint density at radius 2 is 2.14 bits per heavy atom. The molecule has 1 N–H and O–H groups in total. The van der Waals surface area contributed by atoms with E-state index in [-0.39, 0.29) is 0 Å². The van der Waals surface area contributed by atoms with Crippen LogP contribution in [0, 0.1) is 0 Å². The Balaban J connectivity index is 1.80. The molecule has 0 fully saturated rings. The molecule has 0 atom stereocenters. The quantitative estimate of drug-likeness (QED) is 0.754. The van der Waals surface area contributed by atoms with Crippen LogP contribution in [0.2, 0.25) is 0 Å². The lowest BCUT2D eigenvalue weighted by Gasteiger charge is -2.25. The number of nitrogens with one attached hydrogen (secondary N) is 1. The summed E-state index contributed by atoms with van der Waals surface area (Å²) in [5.74, 6) is 0.788. The zero-order chi connectivity index (χ0) is 14.9. The van der Waals surface area contributed by atoms with Crippen LogP contribution in [-0.2, 0) is 13.0 Å². The number of aromatic amines is 1. The molecule has 22 heavy (non-hydrogen) atoms. The van der Waals surface area contributed by atoms with Crippen LogP contribution in [0.1, 0.15) is 11.3 Å². The van der Waals surface area contributed by atoms with E-state index in [9.17, 15) is 0 Å². The van der Waals surface area contributed by atoms with Crippen LogP contribution < -0.4 is 0 Å².